The van der Waals surface area contributed by atoms with Crippen molar-refractivity contribution in [1.82, 2.24) is 4.90 Å². The molecule has 5 nitrogen and oxygen atoms in total. The molecular formula is C16H25Cl4NO4. The molecule has 0 fully saturated rings. The van der Waals surface area contributed by atoms with Crippen LogP contribution in [0.15, 0.2) is 12.1 Å². The van der Waals surface area contributed by atoms with Gasteiger partial charge in [-0.05, 0) is 25.5 Å². The van der Waals surface area contributed by atoms with Crippen molar-refractivity contribution in [2.45, 2.75) is 13.8 Å². The zero-order chi connectivity index (χ0) is 18.5. The number of aromatic hydroxyl groups is 2. The Balaban J connectivity index is 0. The number of alkyl halides is 3. The predicted octanol–water partition coefficient (Wildman–Crippen LogP) is 4.01. The van der Waals surface area contributed by atoms with Gasteiger partial charge < -0.3 is 14.9 Å². The van der Waals surface area contributed by atoms with Gasteiger partial charge in [0, 0.05) is 43.3 Å². The minimum atomic E-state index is -0.581. The molecule has 1 aromatic rings. The Labute approximate surface area is 170 Å². The fraction of sp³-hybridized carbons (Fsp3) is 0.562. The molecule has 25 heavy (non-hydrogen) atoms. The van der Waals surface area contributed by atoms with E-state index in [-0.39, 0.29) is 36.1 Å². The van der Waals surface area contributed by atoms with Gasteiger partial charge in [0.2, 0.25) is 0 Å². The number of benzene rings is 1. The van der Waals surface area contributed by atoms with Crippen molar-refractivity contribution >= 4 is 53.2 Å². The number of phenols is 2. The molecule has 1 aromatic carbocycles. The van der Waals surface area contributed by atoms with Crippen LogP contribution in [0.1, 0.15) is 22.8 Å². The van der Waals surface area contributed by atoms with Crippen molar-refractivity contribution in [3.05, 3.63) is 23.3 Å². The highest BCUT2D eigenvalue weighted by molar-refractivity contribution is 6.18. The standard InChI is InChI=1S/C10H12O4.C6H12Cl3N.ClH/c1-3-14-10(13)9-6(2)4-7(11)5-8(9)12;7-1-4-10(5-2-8)6-3-9;/h4-5,11-12H,3H2,1-2H3;1-6H2;1H. The maximum absolute atomic E-state index is 11.3. The first-order valence-corrected chi connectivity index (χ1v) is 9.11. The Bertz CT molecular complexity index is 466. The van der Waals surface area contributed by atoms with Crippen LogP contribution in [-0.4, -0.2) is 65.0 Å². The number of carbonyl (C=O) groups is 1. The van der Waals surface area contributed by atoms with Crippen molar-refractivity contribution in [3.8, 4) is 11.5 Å². The van der Waals surface area contributed by atoms with Crippen LogP contribution in [0.4, 0.5) is 0 Å². The summed E-state index contributed by atoms with van der Waals surface area (Å²) in [4.78, 5) is 13.5. The molecule has 9 heteroatoms. The van der Waals surface area contributed by atoms with Crippen molar-refractivity contribution in [3.63, 3.8) is 0 Å². The van der Waals surface area contributed by atoms with E-state index in [4.69, 9.17) is 44.6 Å². The molecule has 0 atom stereocenters. The van der Waals surface area contributed by atoms with Gasteiger partial charge in [0.1, 0.15) is 17.1 Å². The lowest BCUT2D eigenvalue weighted by Gasteiger charge is -2.17. The van der Waals surface area contributed by atoms with Crippen LogP contribution >= 0.6 is 47.2 Å². The molecule has 0 heterocycles. The van der Waals surface area contributed by atoms with E-state index in [1.54, 1.807) is 13.8 Å². The van der Waals surface area contributed by atoms with Gasteiger partial charge in [0.15, 0.2) is 0 Å². The summed E-state index contributed by atoms with van der Waals surface area (Å²) in [5.41, 5.74) is 0.589. The summed E-state index contributed by atoms with van der Waals surface area (Å²) < 4.78 is 4.75. The van der Waals surface area contributed by atoms with Crippen LogP contribution < -0.4 is 0 Å². The molecule has 146 valence electrons. The number of ether oxygens (including phenoxy) is 1. The van der Waals surface area contributed by atoms with Crippen LogP contribution in [0.2, 0.25) is 0 Å². The Hall–Kier alpha value is -0.590. The summed E-state index contributed by atoms with van der Waals surface area (Å²) in [6, 6.07) is 2.51. The van der Waals surface area contributed by atoms with Crippen LogP contribution in [0.5, 0.6) is 11.5 Å². The predicted molar refractivity (Wildman–Crippen MR) is 106 cm³/mol. The van der Waals surface area contributed by atoms with E-state index in [0.29, 0.717) is 23.2 Å². The van der Waals surface area contributed by atoms with E-state index >= 15 is 0 Å². The number of rotatable bonds is 8. The van der Waals surface area contributed by atoms with E-state index in [1.165, 1.54) is 6.07 Å². The van der Waals surface area contributed by atoms with E-state index in [2.05, 4.69) is 4.90 Å². The molecule has 0 amide bonds. The zero-order valence-electron chi connectivity index (χ0n) is 14.3. The number of hydrogen-bond donors (Lipinski definition) is 2. The summed E-state index contributed by atoms with van der Waals surface area (Å²) in [6.45, 7) is 6.18. The largest absolute Gasteiger partial charge is 0.508 e. The van der Waals surface area contributed by atoms with Gasteiger partial charge in [0.05, 0.1) is 6.61 Å². The van der Waals surface area contributed by atoms with E-state index in [9.17, 15) is 9.90 Å². The molecular weight excluding hydrogens is 412 g/mol. The number of hydrogen-bond acceptors (Lipinski definition) is 5. The van der Waals surface area contributed by atoms with Gasteiger partial charge >= 0.3 is 5.97 Å². The Morgan fingerprint density at radius 2 is 1.56 bits per heavy atom. The van der Waals surface area contributed by atoms with Crippen LogP contribution in [0.25, 0.3) is 0 Å². The molecule has 0 aromatic heterocycles. The normalized spacial score (nSPS) is 9.84. The first-order chi connectivity index (χ1) is 11.4. The van der Waals surface area contributed by atoms with Crippen LogP contribution in [-0.2, 0) is 4.74 Å². The fourth-order valence-corrected chi connectivity index (χ4v) is 2.63. The lowest BCUT2D eigenvalue weighted by molar-refractivity contribution is 0.0522. The molecule has 0 saturated heterocycles. The van der Waals surface area contributed by atoms with Gasteiger partial charge in [-0.25, -0.2) is 4.79 Å². The average molecular weight is 437 g/mol. The van der Waals surface area contributed by atoms with E-state index in [0.717, 1.165) is 25.7 Å². The number of phenolic OH excluding ortho intramolecular Hbond substituents is 2. The SMILES string of the molecule is CCOC(=O)c1c(C)cc(O)cc1O.Cl.ClCCN(CCCl)CCCl. The van der Waals surface area contributed by atoms with Crippen molar-refractivity contribution in [2.75, 3.05) is 43.9 Å². The minimum Gasteiger partial charge on any atom is -0.508 e. The summed E-state index contributed by atoms with van der Waals surface area (Å²) in [5.74, 6) is 1.02. The molecule has 0 radical (unpaired) electrons. The number of nitrogens with zero attached hydrogens (tertiary/aromatic N) is 1. The monoisotopic (exact) mass is 435 g/mol. The third-order valence-electron chi connectivity index (χ3n) is 2.98. The topological polar surface area (TPSA) is 70.0 Å². The molecule has 0 saturated carbocycles. The Morgan fingerprint density at radius 1 is 1.08 bits per heavy atom. The van der Waals surface area contributed by atoms with Gasteiger partial charge in [-0.15, -0.1) is 47.2 Å². The first kappa shape index (κ1) is 26.6. The van der Waals surface area contributed by atoms with Gasteiger partial charge in [-0.2, -0.15) is 0 Å². The highest BCUT2D eigenvalue weighted by atomic mass is 35.5. The lowest BCUT2D eigenvalue weighted by atomic mass is 10.1. The highest BCUT2D eigenvalue weighted by Crippen LogP contribution is 2.27. The number of esters is 1. The maximum Gasteiger partial charge on any atom is 0.342 e. The average Bonchev–Trinajstić information content (AvgIpc) is 2.48. The summed E-state index contributed by atoms with van der Waals surface area (Å²) in [7, 11) is 0. The molecule has 0 unspecified atom stereocenters. The molecule has 2 N–H and O–H groups in total. The van der Waals surface area contributed by atoms with Crippen molar-refractivity contribution in [1.29, 1.82) is 0 Å². The zero-order valence-corrected chi connectivity index (χ0v) is 17.4. The third-order valence-corrected chi connectivity index (χ3v) is 3.49. The molecule has 0 aliphatic carbocycles. The lowest BCUT2D eigenvalue weighted by Crippen LogP contribution is -2.29. The molecule has 0 aliphatic heterocycles. The van der Waals surface area contributed by atoms with Crippen molar-refractivity contribution < 1.29 is 19.7 Å². The number of carbonyl (C=O) groups excluding carboxylic acids is 1. The Morgan fingerprint density at radius 3 is 1.92 bits per heavy atom. The second-order valence-corrected chi connectivity index (χ2v) is 5.92. The molecule has 0 spiro atoms. The summed E-state index contributed by atoms with van der Waals surface area (Å²) in [5, 5.41) is 18.5. The maximum atomic E-state index is 11.3. The summed E-state index contributed by atoms with van der Waals surface area (Å²) in [6.07, 6.45) is 0. The molecule has 0 bridgehead atoms. The third kappa shape index (κ3) is 10.9. The van der Waals surface area contributed by atoms with Crippen molar-refractivity contribution in [2.24, 2.45) is 0 Å². The van der Waals surface area contributed by atoms with E-state index < -0.39 is 5.97 Å². The first-order valence-electron chi connectivity index (χ1n) is 7.51. The van der Waals surface area contributed by atoms with Crippen LogP contribution in [0.3, 0.4) is 0 Å². The number of halogens is 4. The molecule has 0 aliphatic rings. The smallest absolute Gasteiger partial charge is 0.342 e. The van der Waals surface area contributed by atoms with Gasteiger partial charge in [-0.1, -0.05) is 0 Å². The minimum absolute atomic E-state index is 0. The fourth-order valence-electron chi connectivity index (χ4n) is 1.91. The van der Waals surface area contributed by atoms with E-state index in [1.807, 2.05) is 0 Å². The van der Waals surface area contributed by atoms with Gasteiger partial charge in [-0.3, -0.25) is 4.90 Å². The van der Waals surface area contributed by atoms with Gasteiger partial charge in [0.25, 0.3) is 0 Å². The highest BCUT2D eigenvalue weighted by Gasteiger charge is 2.16. The summed E-state index contributed by atoms with van der Waals surface area (Å²) >= 11 is 16.6. The second-order valence-electron chi connectivity index (χ2n) is 4.79. The quantitative estimate of drug-likeness (QED) is 0.475. The Kier molecular flexibility index (Phi) is 16.7. The second kappa shape index (κ2) is 15.6. The van der Waals surface area contributed by atoms with Crippen LogP contribution in [0, 0.1) is 6.92 Å². The number of aryl methyl sites for hydroxylation is 1. The molecule has 1 rings (SSSR count).